The lowest BCUT2D eigenvalue weighted by molar-refractivity contribution is -0.384. The second kappa shape index (κ2) is 9.55. The molecule has 1 saturated heterocycles. The van der Waals surface area contributed by atoms with Gasteiger partial charge in [-0.25, -0.2) is 0 Å². The van der Waals surface area contributed by atoms with Gasteiger partial charge in [-0.3, -0.25) is 15.1 Å². The van der Waals surface area contributed by atoms with E-state index in [0.29, 0.717) is 16.5 Å². The van der Waals surface area contributed by atoms with Crippen LogP contribution in [0.2, 0.25) is 0 Å². The highest BCUT2D eigenvalue weighted by atomic mass is 32.1. The molecule has 1 aliphatic heterocycles. The topological polar surface area (TPSA) is 106 Å². The number of nitrogens with one attached hydrogen (secondary N) is 1. The number of aromatic hydroxyl groups is 1. The standard InChI is InChI=1S/C27H25N5O4S/c1-16-14-21(17(2)30(16)23-12-9-19(32(34)35)15-24(23)36-3)26-25(22-6-4-5-13-28-22)29-27(37)31(26)18-7-10-20(33)11-8-18/h4-15,25-26,33H,1-3H3,(H,29,37)/t25-,26-/m0/s1. The number of thiocarbonyl (C=S) groups is 1. The highest BCUT2D eigenvalue weighted by Crippen LogP contribution is 2.44. The molecule has 1 aliphatic rings. The van der Waals surface area contributed by atoms with E-state index in [0.717, 1.165) is 28.3 Å². The van der Waals surface area contributed by atoms with Crippen molar-refractivity contribution in [1.82, 2.24) is 14.9 Å². The van der Waals surface area contributed by atoms with Gasteiger partial charge in [-0.05, 0) is 80.2 Å². The van der Waals surface area contributed by atoms with E-state index in [9.17, 15) is 15.2 Å². The zero-order valence-corrected chi connectivity index (χ0v) is 21.3. The van der Waals surface area contributed by atoms with Crippen LogP contribution in [0.3, 0.4) is 0 Å². The van der Waals surface area contributed by atoms with Crippen LogP contribution in [0, 0.1) is 24.0 Å². The van der Waals surface area contributed by atoms with Crippen molar-refractivity contribution in [1.29, 1.82) is 0 Å². The lowest BCUT2D eigenvalue weighted by atomic mass is 9.96. The molecule has 9 nitrogen and oxygen atoms in total. The van der Waals surface area contributed by atoms with Crippen LogP contribution in [0.5, 0.6) is 11.5 Å². The van der Waals surface area contributed by atoms with Gasteiger partial charge in [-0.2, -0.15) is 0 Å². The van der Waals surface area contributed by atoms with Gasteiger partial charge < -0.3 is 24.6 Å². The third-order valence-electron chi connectivity index (χ3n) is 6.63. The Morgan fingerprint density at radius 3 is 2.51 bits per heavy atom. The number of aromatic nitrogens is 2. The Balaban J connectivity index is 1.68. The highest BCUT2D eigenvalue weighted by Gasteiger charge is 2.42. The lowest BCUT2D eigenvalue weighted by Gasteiger charge is -2.28. The molecule has 0 radical (unpaired) electrons. The summed E-state index contributed by atoms with van der Waals surface area (Å²) >= 11 is 5.80. The first kappa shape index (κ1) is 24.3. The van der Waals surface area contributed by atoms with Crippen LogP contribution in [0.4, 0.5) is 11.4 Å². The first-order chi connectivity index (χ1) is 17.8. The molecule has 5 rings (SSSR count). The number of aryl methyl sites for hydroxylation is 1. The van der Waals surface area contributed by atoms with E-state index < -0.39 is 4.92 Å². The van der Waals surface area contributed by atoms with Crippen molar-refractivity contribution in [3.8, 4) is 17.2 Å². The van der Waals surface area contributed by atoms with Crippen molar-refractivity contribution >= 4 is 28.7 Å². The predicted molar refractivity (Wildman–Crippen MR) is 144 cm³/mol. The van der Waals surface area contributed by atoms with Crippen molar-refractivity contribution in [2.45, 2.75) is 25.9 Å². The van der Waals surface area contributed by atoms with Crippen molar-refractivity contribution in [3.05, 3.63) is 106 Å². The molecular formula is C27H25N5O4S. The normalized spacial score (nSPS) is 17.1. The average molecular weight is 516 g/mol. The van der Waals surface area contributed by atoms with Crippen molar-refractivity contribution in [3.63, 3.8) is 0 Å². The van der Waals surface area contributed by atoms with Gasteiger partial charge in [0.25, 0.3) is 5.69 Å². The number of phenols is 1. The zero-order valence-electron chi connectivity index (χ0n) is 20.5. The SMILES string of the molecule is COc1cc([N+](=O)[O-])ccc1-n1c(C)cc([C@H]2[C@H](c3ccccn3)NC(=S)N2c2ccc(O)cc2)c1C. The summed E-state index contributed by atoms with van der Waals surface area (Å²) in [6.45, 7) is 3.99. The Hall–Kier alpha value is -4.44. The molecule has 4 aromatic rings. The van der Waals surface area contributed by atoms with Gasteiger partial charge in [-0.15, -0.1) is 0 Å². The quantitative estimate of drug-likeness (QED) is 0.203. The van der Waals surface area contributed by atoms with E-state index in [1.165, 1.54) is 19.2 Å². The molecule has 0 unspecified atom stereocenters. The molecule has 2 aromatic carbocycles. The fourth-order valence-electron chi connectivity index (χ4n) is 4.98. The lowest BCUT2D eigenvalue weighted by Crippen LogP contribution is -2.29. The summed E-state index contributed by atoms with van der Waals surface area (Å²) in [7, 11) is 1.50. The molecule has 2 aromatic heterocycles. The van der Waals surface area contributed by atoms with Crippen molar-refractivity contribution in [2.75, 3.05) is 12.0 Å². The first-order valence-electron chi connectivity index (χ1n) is 11.6. The molecule has 2 N–H and O–H groups in total. The summed E-state index contributed by atoms with van der Waals surface area (Å²) in [5.74, 6) is 0.572. The molecule has 0 bridgehead atoms. The van der Waals surface area contributed by atoms with E-state index >= 15 is 0 Å². The fourth-order valence-corrected chi connectivity index (χ4v) is 5.33. The van der Waals surface area contributed by atoms with E-state index in [4.69, 9.17) is 17.0 Å². The van der Waals surface area contributed by atoms with Crippen LogP contribution in [0.25, 0.3) is 5.69 Å². The van der Waals surface area contributed by atoms with Gasteiger partial charge in [0.15, 0.2) is 5.11 Å². The first-order valence-corrected chi connectivity index (χ1v) is 12.0. The molecule has 2 atom stereocenters. The van der Waals surface area contributed by atoms with Crippen LogP contribution in [0.1, 0.15) is 34.7 Å². The van der Waals surface area contributed by atoms with Crippen LogP contribution in [-0.2, 0) is 0 Å². The average Bonchev–Trinajstić information content (AvgIpc) is 3.39. The number of rotatable bonds is 6. The summed E-state index contributed by atoms with van der Waals surface area (Å²) in [5.41, 5.74) is 5.21. The Morgan fingerprint density at radius 2 is 1.86 bits per heavy atom. The summed E-state index contributed by atoms with van der Waals surface area (Å²) in [6, 6.07) is 18.9. The third-order valence-corrected chi connectivity index (χ3v) is 6.94. The van der Waals surface area contributed by atoms with E-state index in [1.807, 2.05) is 53.6 Å². The van der Waals surface area contributed by atoms with Gasteiger partial charge in [0.2, 0.25) is 0 Å². The number of nitro groups is 1. The highest BCUT2D eigenvalue weighted by molar-refractivity contribution is 7.80. The van der Waals surface area contributed by atoms with E-state index in [2.05, 4.69) is 16.4 Å². The molecule has 0 spiro atoms. The minimum atomic E-state index is -0.439. The van der Waals surface area contributed by atoms with Gasteiger partial charge in [0, 0.05) is 29.3 Å². The Morgan fingerprint density at radius 1 is 1.11 bits per heavy atom. The van der Waals surface area contributed by atoms with Crippen molar-refractivity contribution in [2.24, 2.45) is 0 Å². The number of phenolic OH excluding ortho intramolecular Hbond substituents is 1. The molecule has 1 fully saturated rings. The summed E-state index contributed by atoms with van der Waals surface area (Å²) in [4.78, 5) is 17.5. The monoisotopic (exact) mass is 515 g/mol. The van der Waals surface area contributed by atoms with Crippen molar-refractivity contribution < 1.29 is 14.8 Å². The third kappa shape index (κ3) is 4.25. The maximum atomic E-state index is 11.3. The zero-order chi connectivity index (χ0) is 26.3. The molecule has 37 heavy (non-hydrogen) atoms. The number of non-ortho nitro benzene ring substituents is 1. The summed E-state index contributed by atoms with van der Waals surface area (Å²) in [6.07, 6.45) is 1.76. The molecule has 3 heterocycles. The minimum absolute atomic E-state index is 0.0395. The number of anilines is 1. The Bertz CT molecular complexity index is 1490. The molecule has 10 heteroatoms. The number of hydrogen-bond acceptors (Lipinski definition) is 6. The summed E-state index contributed by atoms with van der Waals surface area (Å²) < 4.78 is 7.57. The van der Waals surface area contributed by atoms with Crippen LogP contribution >= 0.6 is 12.2 Å². The second-order valence-corrected chi connectivity index (χ2v) is 9.17. The van der Waals surface area contributed by atoms with Gasteiger partial charge >= 0.3 is 0 Å². The van der Waals surface area contributed by atoms with Crippen LogP contribution in [-0.4, -0.2) is 31.8 Å². The number of benzene rings is 2. The fraction of sp³-hybridized carbons (Fsp3) is 0.185. The molecule has 0 saturated carbocycles. The largest absolute Gasteiger partial charge is 0.508 e. The number of ether oxygens (including phenoxy) is 1. The molecule has 0 aliphatic carbocycles. The smallest absolute Gasteiger partial charge is 0.273 e. The predicted octanol–water partition coefficient (Wildman–Crippen LogP) is 5.29. The minimum Gasteiger partial charge on any atom is -0.508 e. The number of nitro benzene ring substituents is 1. The number of methoxy groups -OCH3 is 1. The maximum Gasteiger partial charge on any atom is 0.273 e. The van der Waals surface area contributed by atoms with Gasteiger partial charge in [-0.1, -0.05) is 6.07 Å². The second-order valence-electron chi connectivity index (χ2n) is 8.79. The van der Waals surface area contributed by atoms with Gasteiger partial charge in [0.1, 0.15) is 11.5 Å². The number of pyridine rings is 1. The van der Waals surface area contributed by atoms with Crippen LogP contribution < -0.4 is 15.0 Å². The van der Waals surface area contributed by atoms with E-state index in [1.54, 1.807) is 24.4 Å². The Labute approximate surface area is 219 Å². The van der Waals surface area contributed by atoms with E-state index in [-0.39, 0.29) is 23.5 Å². The number of hydrogen-bond donors (Lipinski definition) is 2. The summed E-state index contributed by atoms with van der Waals surface area (Å²) in [5, 5.41) is 25.2. The molecule has 188 valence electrons. The molecular weight excluding hydrogens is 490 g/mol. The van der Waals surface area contributed by atoms with Gasteiger partial charge in [0.05, 0.1) is 41.6 Å². The number of nitrogens with zero attached hydrogens (tertiary/aromatic N) is 4. The Kier molecular flexibility index (Phi) is 6.26. The van der Waals surface area contributed by atoms with Crippen LogP contribution in [0.15, 0.2) is 72.9 Å². The molecule has 0 amide bonds. The maximum absolute atomic E-state index is 11.3.